The largest absolute Gasteiger partial charge is 0.472 e. The van der Waals surface area contributed by atoms with Gasteiger partial charge in [0.15, 0.2) is 6.10 Å². The molecule has 0 rings (SSSR count). The first kappa shape index (κ1) is 83.4. The molecule has 0 amide bonds. The number of allylic oxidation sites excluding steroid dienone is 20. The highest BCUT2D eigenvalue weighted by Crippen LogP contribution is 2.43. The molecule has 2 atom stereocenters. The lowest BCUT2D eigenvalue weighted by Crippen LogP contribution is -2.29. The molecule has 0 saturated heterocycles. The topological polar surface area (TPSA) is 134 Å². The van der Waals surface area contributed by atoms with Crippen molar-refractivity contribution < 1.29 is 37.6 Å². The van der Waals surface area contributed by atoms with E-state index in [-0.39, 0.29) is 38.6 Å². The fourth-order valence-electron chi connectivity index (χ4n) is 10.0. The highest BCUT2D eigenvalue weighted by Gasteiger charge is 2.26. The smallest absolute Gasteiger partial charge is 0.462 e. The number of phosphoric ester groups is 1. The van der Waals surface area contributed by atoms with Gasteiger partial charge in [-0.05, 0) is 109 Å². The molecule has 0 aromatic heterocycles. The van der Waals surface area contributed by atoms with Crippen molar-refractivity contribution in [3.05, 3.63) is 122 Å². The Morgan fingerprint density at radius 3 is 0.966 bits per heavy atom. The van der Waals surface area contributed by atoms with Gasteiger partial charge in [-0.2, -0.15) is 0 Å². The van der Waals surface area contributed by atoms with Crippen molar-refractivity contribution in [1.29, 1.82) is 0 Å². The van der Waals surface area contributed by atoms with Crippen molar-refractivity contribution >= 4 is 19.8 Å². The summed E-state index contributed by atoms with van der Waals surface area (Å²) >= 11 is 0. The monoisotopic (exact) mass is 1230 g/mol. The molecular weight excluding hydrogens is 1100 g/mol. The second-order valence-corrected chi connectivity index (χ2v) is 25.2. The molecule has 3 N–H and O–H groups in total. The van der Waals surface area contributed by atoms with E-state index >= 15 is 0 Å². The van der Waals surface area contributed by atoms with Crippen LogP contribution in [-0.2, 0) is 32.7 Å². The van der Waals surface area contributed by atoms with Crippen molar-refractivity contribution in [2.75, 3.05) is 26.4 Å². The molecule has 0 aromatic carbocycles. The summed E-state index contributed by atoms with van der Waals surface area (Å²) in [6, 6.07) is 0. The maximum atomic E-state index is 12.8. The van der Waals surface area contributed by atoms with E-state index in [4.69, 9.17) is 24.3 Å². The Labute approximate surface area is 536 Å². The van der Waals surface area contributed by atoms with Gasteiger partial charge in [0, 0.05) is 19.4 Å². The quantitative estimate of drug-likeness (QED) is 0.0264. The number of hydrogen-bond acceptors (Lipinski definition) is 8. The van der Waals surface area contributed by atoms with Crippen LogP contribution < -0.4 is 5.73 Å². The summed E-state index contributed by atoms with van der Waals surface area (Å²) in [5, 5.41) is 0. The molecule has 0 heterocycles. The van der Waals surface area contributed by atoms with Crippen LogP contribution in [0.5, 0.6) is 0 Å². The van der Waals surface area contributed by atoms with Crippen LogP contribution in [0.3, 0.4) is 0 Å². The zero-order chi connectivity index (χ0) is 63.0. The summed E-state index contributed by atoms with van der Waals surface area (Å²) in [5.41, 5.74) is 5.40. The Balaban J connectivity index is 3.93. The molecule has 9 nitrogen and oxygen atoms in total. The van der Waals surface area contributed by atoms with Crippen LogP contribution in [0.1, 0.15) is 322 Å². The third-order valence-corrected chi connectivity index (χ3v) is 16.3. The third kappa shape index (κ3) is 71.4. The van der Waals surface area contributed by atoms with Gasteiger partial charge in [-0.25, -0.2) is 4.57 Å². The molecule has 0 spiro atoms. The van der Waals surface area contributed by atoms with Gasteiger partial charge in [0.05, 0.1) is 13.2 Å². The van der Waals surface area contributed by atoms with Crippen LogP contribution in [0, 0.1) is 0 Å². The predicted octanol–water partition coefficient (Wildman–Crippen LogP) is 23.9. The fraction of sp³-hybridized carbons (Fsp3) is 0.714. The number of unbranched alkanes of at least 4 members (excludes halogenated alkanes) is 34. The number of hydrogen-bond donors (Lipinski definition) is 2. The van der Waals surface area contributed by atoms with E-state index in [1.54, 1.807) is 0 Å². The zero-order valence-corrected chi connectivity index (χ0v) is 57.1. The predicted molar refractivity (Wildman–Crippen MR) is 376 cm³/mol. The summed E-state index contributed by atoms with van der Waals surface area (Å²) in [7, 11) is -4.41. The summed E-state index contributed by atoms with van der Waals surface area (Å²) in [5.74, 6) is -0.863. The van der Waals surface area contributed by atoms with Crippen LogP contribution in [0.25, 0.3) is 0 Å². The van der Waals surface area contributed by atoms with E-state index in [1.807, 2.05) is 0 Å². The van der Waals surface area contributed by atoms with Gasteiger partial charge < -0.3 is 20.1 Å². The van der Waals surface area contributed by atoms with E-state index < -0.39 is 26.5 Å². The van der Waals surface area contributed by atoms with Crippen molar-refractivity contribution in [1.82, 2.24) is 0 Å². The number of phosphoric acid groups is 1. The summed E-state index contributed by atoms with van der Waals surface area (Å²) in [6.07, 6.45) is 100. The molecule has 0 bridgehead atoms. The highest BCUT2D eigenvalue weighted by molar-refractivity contribution is 7.47. The van der Waals surface area contributed by atoms with Crippen LogP contribution >= 0.6 is 7.82 Å². The Morgan fingerprint density at radius 1 is 0.356 bits per heavy atom. The number of carbonyl (C=O) groups excluding carboxylic acids is 2. The molecule has 10 heteroatoms. The SMILES string of the molecule is CC/C=C\C/C=C\C/C=C\C/C=C\C/C=C\C/C=C\C/C=C\C/C=C\C/C=C\CCCCCC(=O)OC(COC(=O)CCCCCCCCCCCCCCCCCCCCCCCCC/C=C\CCCCCCCCCC)COP(=O)(O)OCCN. The van der Waals surface area contributed by atoms with Gasteiger partial charge in [0.2, 0.25) is 0 Å². The standard InChI is InChI=1S/C77H134NO8P/c1-3-5-7-9-11-13-15-17-19-21-23-25-27-29-31-33-35-36-37-38-40-41-43-45-47-49-51-53-55-57-59-61-63-65-67-69-76(79)83-73-75(74-85-87(81,82)84-72-71-78)86-77(80)70-68-66-64-62-60-58-56-54-52-50-48-46-44-42-39-34-32-30-28-26-24-22-20-18-16-14-12-10-8-6-4-2/h6,8,12,14,18,20-21,23-24,26,30,32,39,42,46,48,52,54,58,60,75H,3-5,7,9-11,13,15-17,19,22,25,27-29,31,33-38,40-41,43-45,47,49-51,53,55-57,59,61-74,78H2,1-2H3,(H,81,82)/b8-6-,14-12-,20-18-,23-21-,26-24-,32-30-,42-39-,48-46-,54-52-,60-58-. The number of carbonyl (C=O) groups is 2. The molecule has 0 fully saturated rings. The maximum Gasteiger partial charge on any atom is 0.472 e. The molecule has 0 aromatic rings. The molecule has 0 aliphatic rings. The summed E-state index contributed by atoms with van der Waals surface area (Å²) in [4.78, 5) is 35.4. The lowest BCUT2D eigenvalue weighted by atomic mass is 10.0. The molecular formula is C77H134NO8P. The molecule has 500 valence electrons. The maximum absolute atomic E-state index is 12.8. The Bertz CT molecular complexity index is 1840. The van der Waals surface area contributed by atoms with Gasteiger partial charge in [0.25, 0.3) is 0 Å². The lowest BCUT2D eigenvalue weighted by Gasteiger charge is -2.19. The van der Waals surface area contributed by atoms with Crippen molar-refractivity contribution in [2.24, 2.45) is 5.73 Å². The summed E-state index contributed by atoms with van der Waals surface area (Å²) < 4.78 is 33.1. The van der Waals surface area contributed by atoms with Gasteiger partial charge in [-0.15, -0.1) is 0 Å². The minimum atomic E-state index is -4.41. The lowest BCUT2D eigenvalue weighted by molar-refractivity contribution is -0.161. The molecule has 87 heavy (non-hydrogen) atoms. The van der Waals surface area contributed by atoms with Crippen molar-refractivity contribution in [3.63, 3.8) is 0 Å². The molecule has 2 unspecified atom stereocenters. The van der Waals surface area contributed by atoms with Crippen LogP contribution in [0.4, 0.5) is 0 Å². The van der Waals surface area contributed by atoms with Crippen molar-refractivity contribution in [3.8, 4) is 0 Å². The first-order valence-electron chi connectivity index (χ1n) is 36.0. The van der Waals surface area contributed by atoms with E-state index in [0.29, 0.717) is 6.42 Å². The Morgan fingerprint density at radius 2 is 0.632 bits per heavy atom. The first-order chi connectivity index (χ1) is 42.8. The third-order valence-electron chi connectivity index (χ3n) is 15.3. The minimum Gasteiger partial charge on any atom is -0.462 e. The summed E-state index contributed by atoms with van der Waals surface area (Å²) in [6.45, 7) is 3.62. The normalized spacial score (nSPS) is 13.7. The average molecular weight is 1230 g/mol. The van der Waals surface area contributed by atoms with Gasteiger partial charge in [-0.1, -0.05) is 322 Å². The Hall–Kier alpha value is -3.59. The second kappa shape index (κ2) is 71.5. The van der Waals surface area contributed by atoms with Crippen LogP contribution in [0.15, 0.2) is 122 Å². The fourth-order valence-corrected chi connectivity index (χ4v) is 10.8. The van der Waals surface area contributed by atoms with Gasteiger partial charge in [-0.3, -0.25) is 18.6 Å². The molecule has 0 aliphatic carbocycles. The Kier molecular flexibility index (Phi) is 68.5. The number of rotatable bonds is 67. The van der Waals surface area contributed by atoms with Crippen LogP contribution in [-0.4, -0.2) is 49.3 Å². The van der Waals surface area contributed by atoms with Crippen molar-refractivity contribution in [2.45, 2.75) is 328 Å². The van der Waals surface area contributed by atoms with E-state index in [0.717, 1.165) is 96.3 Å². The average Bonchev–Trinajstić information content (AvgIpc) is 3.66. The van der Waals surface area contributed by atoms with Gasteiger partial charge in [0.1, 0.15) is 6.61 Å². The van der Waals surface area contributed by atoms with E-state index in [2.05, 4.69) is 135 Å². The zero-order valence-electron chi connectivity index (χ0n) is 56.2. The first-order valence-corrected chi connectivity index (χ1v) is 37.5. The number of ether oxygens (including phenoxy) is 2. The van der Waals surface area contributed by atoms with E-state index in [1.165, 1.54) is 193 Å². The molecule has 0 aliphatic heterocycles. The molecule has 0 saturated carbocycles. The van der Waals surface area contributed by atoms with Gasteiger partial charge >= 0.3 is 19.8 Å². The number of nitrogens with two attached hydrogens (primary N) is 1. The number of esters is 2. The highest BCUT2D eigenvalue weighted by atomic mass is 31.2. The second-order valence-electron chi connectivity index (χ2n) is 23.7. The van der Waals surface area contributed by atoms with E-state index in [9.17, 15) is 19.0 Å². The van der Waals surface area contributed by atoms with Crippen LogP contribution in [0.2, 0.25) is 0 Å². The molecule has 0 radical (unpaired) electrons. The minimum absolute atomic E-state index is 0.0426.